The first-order valence-corrected chi connectivity index (χ1v) is 11.8. The summed E-state index contributed by atoms with van der Waals surface area (Å²) < 4.78 is 5.47. The molecule has 2 heterocycles. The molecule has 1 N–H and O–H groups in total. The molecule has 6 nitrogen and oxygen atoms in total. The topological polar surface area (TPSA) is 61.6 Å². The summed E-state index contributed by atoms with van der Waals surface area (Å²) in [5.41, 5.74) is 0.751. The molecule has 0 unspecified atom stereocenters. The summed E-state index contributed by atoms with van der Waals surface area (Å²) in [7, 11) is 0. The fraction of sp³-hybridized carbons (Fsp3) is 0.652. The van der Waals surface area contributed by atoms with E-state index >= 15 is 0 Å². The normalized spacial score (nSPS) is 23.1. The maximum Gasteiger partial charge on any atom is 0.220 e. The van der Waals surface area contributed by atoms with E-state index in [2.05, 4.69) is 27.2 Å². The lowest BCUT2D eigenvalue weighted by Gasteiger charge is -2.36. The fourth-order valence-corrected chi connectivity index (χ4v) is 4.96. The van der Waals surface area contributed by atoms with Crippen LogP contribution in [0.5, 0.6) is 0 Å². The molecular weight excluding hydrogens is 400 g/mol. The molecule has 0 atom stereocenters. The van der Waals surface area contributed by atoms with E-state index in [1.165, 1.54) is 25.8 Å². The molecule has 1 amide bonds. The molecule has 2 fully saturated rings. The van der Waals surface area contributed by atoms with Crippen LogP contribution in [0.1, 0.15) is 51.9 Å². The smallest absolute Gasteiger partial charge is 0.220 e. The van der Waals surface area contributed by atoms with E-state index in [-0.39, 0.29) is 5.91 Å². The maximum atomic E-state index is 11.8. The SMILES string of the molecule is CCCC(=O)NC1CCC(CCN2CCN(c3noc4cc(Cl)ccc34)CC2)CC1. The van der Waals surface area contributed by atoms with E-state index < -0.39 is 0 Å². The highest BCUT2D eigenvalue weighted by atomic mass is 35.5. The van der Waals surface area contributed by atoms with Crippen LogP contribution in [0.2, 0.25) is 5.02 Å². The number of rotatable bonds is 7. The monoisotopic (exact) mass is 432 g/mol. The maximum absolute atomic E-state index is 11.8. The zero-order valence-electron chi connectivity index (χ0n) is 17.9. The van der Waals surface area contributed by atoms with Gasteiger partial charge in [-0.25, -0.2) is 0 Å². The first-order valence-electron chi connectivity index (χ1n) is 11.4. The summed E-state index contributed by atoms with van der Waals surface area (Å²) in [6.07, 6.45) is 7.60. The molecule has 2 aromatic rings. The molecular formula is C23H33ClN4O2. The van der Waals surface area contributed by atoms with E-state index in [0.717, 1.165) is 68.1 Å². The standard InChI is InChI=1S/C23H33ClN4O2/c1-2-3-22(29)25-19-7-4-17(5-8-19)10-11-27-12-14-28(15-13-27)23-20-9-6-18(24)16-21(20)30-26-23/h6,9,16-17,19H,2-5,7-8,10-15H2,1H3,(H,25,29). The number of aromatic nitrogens is 1. The van der Waals surface area contributed by atoms with Gasteiger partial charge in [0.2, 0.25) is 5.91 Å². The highest BCUT2D eigenvalue weighted by Gasteiger charge is 2.25. The molecule has 0 radical (unpaired) electrons. The molecule has 2 aliphatic rings. The van der Waals surface area contributed by atoms with Crippen molar-refractivity contribution in [3.63, 3.8) is 0 Å². The third-order valence-electron chi connectivity index (χ3n) is 6.63. The molecule has 1 aliphatic heterocycles. The molecule has 1 saturated carbocycles. The second kappa shape index (κ2) is 10.0. The lowest BCUT2D eigenvalue weighted by Crippen LogP contribution is -2.47. The third-order valence-corrected chi connectivity index (χ3v) is 6.86. The summed E-state index contributed by atoms with van der Waals surface area (Å²) >= 11 is 6.05. The fourth-order valence-electron chi connectivity index (χ4n) is 4.80. The number of halogens is 1. The van der Waals surface area contributed by atoms with E-state index in [1.54, 1.807) is 0 Å². The van der Waals surface area contributed by atoms with Crippen molar-refractivity contribution in [1.29, 1.82) is 0 Å². The zero-order valence-corrected chi connectivity index (χ0v) is 18.7. The number of benzene rings is 1. The van der Waals surface area contributed by atoms with Gasteiger partial charge in [-0.15, -0.1) is 0 Å². The average molecular weight is 433 g/mol. The number of amides is 1. The van der Waals surface area contributed by atoms with Crippen LogP contribution in [0.4, 0.5) is 5.82 Å². The molecule has 7 heteroatoms. The summed E-state index contributed by atoms with van der Waals surface area (Å²) in [6.45, 7) is 7.29. The van der Waals surface area contributed by atoms with Gasteiger partial charge < -0.3 is 14.7 Å². The number of anilines is 1. The quantitative estimate of drug-likeness (QED) is 0.699. The predicted molar refractivity (Wildman–Crippen MR) is 121 cm³/mol. The van der Waals surface area contributed by atoms with Gasteiger partial charge >= 0.3 is 0 Å². The van der Waals surface area contributed by atoms with Gasteiger partial charge in [0, 0.05) is 49.7 Å². The number of nitrogens with zero attached hydrogens (tertiary/aromatic N) is 3. The minimum atomic E-state index is 0.224. The number of carbonyl (C=O) groups is 1. The van der Waals surface area contributed by atoms with Crippen molar-refractivity contribution >= 4 is 34.3 Å². The molecule has 4 rings (SSSR count). The van der Waals surface area contributed by atoms with Gasteiger partial charge in [0.15, 0.2) is 11.4 Å². The van der Waals surface area contributed by atoms with Crippen LogP contribution in [0.25, 0.3) is 11.0 Å². The molecule has 1 aromatic carbocycles. The third kappa shape index (κ3) is 5.27. The van der Waals surface area contributed by atoms with Crippen molar-refractivity contribution in [3.05, 3.63) is 23.2 Å². The molecule has 1 aliphatic carbocycles. The van der Waals surface area contributed by atoms with Crippen molar-refractivity contribution in [2.75, 3.05) is 37.6 Å². The summed E-state index contributed by atoms with van der Waals surface area (Å²) in [5.74, 6) is 1.96. The first kappa shape index (κ1) is 21.4. The van der Waals surface area contributed by atoms with Gasteiger partial charge in [0.05, 0.1) is 5.39 Å². The highest BCUT2D eigenvalue weighted by molar-refractivity contribution is 6.31. The van der Waals surface area contributed by atoms with Crippen LogP contribution in [0, 0.1) is 5.92 Å². The van der Waals surface area contributed by atoms with E-state index in [4.69, 9.17) is 16.1 Å². The van der Waals surface area contributed by atoms with Crippen molar-refractivity contribution < 1.29 is 9.32 Å². The van der Waals surface area contributed by atoms with Gasteiger partial charge in [-0.2, -0.15) is 0 Å². The predicted octanol–water partition coefficient (Wildman–Crippen LogP) is 4.47. The Labute approximate surface area is 183 Å². The summed E-state index contributed by atoms with van der Waals surface area (Å²) in [6, 6.07) is 6.12. The van der Waals surface area contributed by atoms with Crippen LogP contribution in [-0.4, -0.2) is 54.7 Å². The first-order chi connectivity index (χ1) is 14.6. The van der Waals surface area contributed by atoms with Gasteiger partial charge in [-0.3, -0.25) is 9.69 Å². The Morgan fingerprint density at radius 2 is 1.97 bits per heavy atom. The Morgan fingerprint density at radius 1 is 1.20 bits per heavy atom. The number of fused-ring (bicyclic) bond motifs is 1. The Bertz CT molecular complexity index is 839. The van der Waals surface area contributed by atoms with Gasteiger partial charge in [0.25, 0.3) is 0 Å². The van der Waals surface area contributed by atoms with Crippen LogP contribution < -0.4 is 10.2 Å². The van der Waals surface area contributed by atoms with E-state index in [9.17, 15) is 4.79 Å². The summed E-state index contributed by atoms with van der Waals surface area (Å²) in [4.78, 5) is 16.7. The Kier molecular flexibility index (Phi) is 7.16. The highest BCUT2D eigenvalue weighted by Crippen LogP contribution is 2.30. The van der Waals surface area contributed by atoms with Crippen LogP contribution in [-0.2, 0) is 4.79 Å². The number of carbonyl (C=O) groups excluding carboxylic acids is 1. The van der Waals surface area contributed by atoms with Crippen LogP contribution >= 0.6 is 11.6 Å². The molecule has 1 aromatic heterocycles. The number of nitrogens with one attached hydrogen (secondary N) is 1. The Morgan fingerprint density at radius 3 is 2.70 bits per heavy atom. The molecule has 1 saturated heterocycles. The Balaban J connectivity index is 1.18. The van der Waals surface area contributed by atoms with Crippen LogP contribution in [0.3, 0.4) is 0 Å². The lowest BCUT2D eigenvalue weighted by atomic mass is 9.84. The zero-order chi connectivity index (χ0) is 20.9. The van der Waals surface area contributed by atoms with Crippen molar-refractivity contribution in [2.45, 2.75) is 57.9 Å². The van der Waals surface area contributed by atoms with E-state index in [1.807, 2.05) is 18.2 Å². The van der Waals surface area contributed by atoms with Gasteiger partial charge in [-0.1, -0.05) is 23.7 Å². The van der Waals surface area contributed by atoms with Gasteiger partial charge in [-0.05, 0) is 63.1 Å². The van der Waals surface area contributed by atoms with Gasteiger partial charge in [0.1, 0.15) is 0 Å². The number of hydrogen-bond acceptors (Lipinski definition) is 5. The second-order valence-corrected chi connectivity index (χ2v) is 9.24. The molecule has 164 valence electrons. The summed E-state index contributed by atoms with van der Waals surface area (Å²) in [5, 5.41) is 9.20. The average Bonchev–Trinajstić information content (AvgIpc) is 3.17. The minimum Gasteiger partial charge on any atom is -0.354 e. The molecule has 30 heavy (non-hydrogen) atoms. The molecule has 0 spiro atoms. The Hall–Kier alpha value is -1.79. The number of piperazine rings is 1. The van der Waals surface area contributed by atoms with Crippen molar-refractivity contribution in [2.24, 2.45) is 5.92 Å². The van der Waals surface area contributed by atoms with Crippen molar-refractivity contribution in [3.8, 4) is 0 Å². The lowest BCUT2D eigenvalue weighted by molar-refractivity contribution is -0.122. The largest absolute Gasteiger partial charge is 0.354 e. The minimum absolute atomic E-state index is 0.224. The van der Waals surface area contributed by atoms with Crippen molar-refractivity contribution in [1.82, 2.24) is 15.4 Å². The second-order valence-electron chi connectivity index (χ2n) is 8.80. The van der Waals surface area contributed by atoms with E-state index in [0.29, 0.717) is 17.5 Å². The number of hydrogen-bond donors (Lipinski definition) is 1. The molecule has 0 bridgehead atoms. The van der Waals surface area contributed by atoms with Crippen LogP contribution in [0.15, 0.2) is 22.7 Å².